The standard InChI is InChI=1S/C19H21NO4/c1-13-5-3-6-15(9-13)12-24-17-8-4-7-16(11-17)19(23)20-14(2)10-18(21)22/h3-9,11,14H,10,12H2,1-2H3,(H,20,23)(H,21,22)/t14-/m1/s1. The zero-order valence-corrected chi connectivity index (χ0v) is 13.8. The lowest BCUT2D eigenvalue weighted by atomic mass is 10.1. The topological polar surface area (TPSA) is 75.6 Å². The second kappa shape index (κ2) is 8.15. The van der Waals surface area contributed by atoms with Crippen LogP contribution in [0.15, 0.2) is 48.5 Å². The third-order valence-corrected chi connectivity index (χ3v) is 3.44. The summed E-state index contributed by atoms with van der Waals surface area (Å²) < 4.78 is 5.73. The predicted molar refractivity (Wildman–Crippen MR) is 91.1 cm³/mol. The Morgan fingerprint density at radius 2 is 1.92 bits per heavy atom. The van der Waals surface area contributed by atoms with Crippen molar-refractivity contribution in [1.29, 1.82) is 0 Å². The molecule has 0 fully saturated rings. The van der Waals surface area contributed by atoms with Crippen molar-refractivity contribution in [3.8, 4) is 5.75 Å². The van der Waals surface area contributed by atoms with Gasteiger partial charge in [0.2, 0.25) is 0 Å². The van der Waals surface area contributed by atoms with E-state index in [1.165, 1.54) is 0 Å². The number of carboxylic acids is 1. The quantitative estimate of drug-likeness (QED) is 0.819. The summed E-state index contributed by atoms with van der Waals surface area (Å²) in [5, 5.41) is 11.4. The zero-order valence-electron chi connectivity index (χ0n) is 13.8. The zero-order chi connectivity index (χ0) is 17.5. The van der Waals surface area contributed by atoms with Gasteiger partial charge in [-0.2, -0.15) is 0 Å². The molecule has 0 unspecified atom stereocenters. The summed E-state index contributed by atoms with van der Waals surface area (Å²) in [6.07, 6.45) is -0.116. The van der Waals surface area contributed by atoms with Crippen molar-refractivity contribution in [2.45, 2.75) is 32.9 Å². The van der Waals surface area contributed by atoms with E-state index in [0.717, 1.165) is 11.1 Å². The Bertz CT molecular complexity index is 727. The number of rotatable bonds is 7. The summed E-state index contributed by atoms with van der Waals surface area (Å²) in [5.74, 6) is -0.669. The molecule has 5 heteroatoms. The van der Waals surface area contributed by atoms with Crippen LogP contribution >= 0.6 is 0 Å². The molecule has 2 N–H and O–H groups in total. The van der Waals surface area contributed by atoms with E-state index in [1.54, 1.807) is 31.2 Å². The molecule has 0 radical (unpaired) electrons. The van der Waals surface area contributed by atoms with Gasteiger partial charge in [-0.3, -0.25) is 9.59 Å². The van der Waals surface area contributed by atoms with Gasteiger partial charge in [0, 0.05) is 11.6 Å². The molecule has 0 aromatic heterocycles. The van der Waals surface area contributed by atoms with Crippen LogP contribution < -0.4 is 10.1 Å². The monoisotopic (exact) mass is 327 g/mol. The number of carbonyl (C=O) groups excluding carboxylic acids is 1. The first-order valence-electron chi connectivity index (χ1n) is 7.75. The molecule has 2 aromatic rings. The molecule has 1 amide bonds. The van der Waals surface area contributed by atoms with E-state index < -0.39 is 12.0 Å². The summed E-state index contributed by atoms with van der Waals surface area (Å²) in [5.41, 5.74) is 2.66. The number of aryl methyl sites for hydroxylation is 1. The van der Waals surface area contributed by atoms with Gasteiger partial charge in [-0.1, -0.05) is 35.9 Å². The lowest BCUT2D eigenvalue weighted by molar-refractivity contribution is -0.137. The van der Waals surface area contributed by atoms with Gasteiger partial charge in [0.25, 0.3) is 5.91 Å². The fourth-order valence-corrected chi connectivity index (χ4v) is 2.32. The van der Waals surface area contributed by atoms with Crippen LogP contribution in [-0.2, 0) is 11.4 Å². The number of hydrogen-bond acceptors (Lipinski definition) is 3. The minimum Gasteiger partial charge on any atom is -0.489 e. The molecule has 2 rings (SSSR count). The molecular weight excluding hydrogens is 306 g/mol. The minimum absolute atomic E-state index is 0.116. The average molecular weight is 327 g/mol. The van der Waals surface area contributed by atoms with Crippen molar-refractivity contribution in [1.82, 2.24) is 5.32 Å². The fourth-order valence-electron chi connectivity index (χ4n) is 2.32. The molecule has 126 valence electrons. The molecule has 0 spiro atoms. The van der Waals surface area contributed by atoms with Crippen LogP contribution in [0, 0.1) is 6.92 Å². The molecule has 0 aliphatic heterocycles. The summed E-state index contributed by atoms with van der Waals surface area (Å²) in [4.78, 5) is 22.8. The van der Waals surface area contributed by atoms with E-state index in [-0.39, 0.29) is 12.3 Å². The van der Waals surface area contributed by atoms with Crippen molar-refractivity contribution in [2.75, 3.05) is 0 Å². The summed E-state index contributed by atoms with van der Waals surface area (Å²) >= 11 is 0. The van der Waals surface area contributed by atoms with Crippen LogP contribution in [0.3, 0.4) is 0 Å². The van der Waals surface area contributed by atoms with Gasteiger partial charge >= 0.3 is 5.97 Å². The second-order valence-electron chi connectivity index (χ2n) is 5.78. The molecule has 0 bridgehead atoms. The Balaban J connectivity index is 1.97. The van der Waals surface area contributed by atoms with Crippen molar-refractivity contribution in [3.05, 3.63) is 65.2 Å². The molecule has 24 heavy (non-hydrogen) atoms. The van der Waals surface area contributed by atoms with Gasteiger partial charge in [0.05, 0.1) is 6.42 Å². The van der Waals surface area contributed by atoms with Gasteiger partial charge < -0.3 is 15.2 Å². The average Bonchev–Trinajstić information content (AvgIpc) is 2.52. The number of hydrogen-bond donors (Lipinski definition) is 2. The summed E-state index contributed by atoms with van der Waals surface area (Å²) in [6, 6.07) is 14.4. The van der Waals surface area contributed by atoms with E-state index in [9.17, 15) is 9.59 Å². The third kappa shape index (κ3) is 5.43. The number of aliphatic carboxylic acids is 1. The highest BCUT2D eigenvalue weighted by molar-refractivity contribution is 5.94. The number of benzene rings is 2. The lowest BCUT2D eigenvalue weighted by Crippen LogP contribution is -2.34. The molecule has 0 aliphatic rings. The highest BCUT2D eigenvalue weighted by Crippen LogP contribution is 2.16. The van der Waals surface area contributed by atoms with E-state index in [4.69, 9.17) is 9.84 Å². The first-order chi connectivity index (χ1) is 11.4. The SMILES string of the molecule is Cc1cccc(COc2cccc(C(=O)N[C@H](C)CC(=O)O)c2)c1. The van der Waals surface area contributed by atoms with Crippen molar-refractivity contribution < 1.29 is 19.4 Å². The minimum atomic E-state index is -0.946. The Labute approximate surface area is 141 Å². The summed E-state index contributed by atoms with van der Waals surface area (Å²) in [7, 11) is 0. The van der Waals surface area contributed by atoms with Crippen LogP contribution in [0.2, 0.25) is 0 Å². The van der Waals surface area contributed by atoms with E-state index in [2.05, 4.69) is 5.32 Å². The molecule has 5 nitrogen and oxygen atoms in total. The van der Waals surface area contributed by atoms with Crippen LogP contribution in [0.1, 0.15) is 34.8 Å². The second-order valence-corrected chi connectivity index (χ2v) is 5.78. The maximum absolute atomic E-state index is 12.1. The molecule has 0 aliphatic carbocycles. The largest absolute Gasteiger partial charge is 0.489 e. The molecule has 0 saturated heterocycles. The third-order valence-electron chi connectivity index (χ3n) is 3.44. The number of ether oxygens (including phenoxy) is 1. The van der Waals surface area contributed by atoms with Crippen LogP contribution in [0.4, 0.5) is 0 Å². The van der Waals surface area contributed by atoms with Crippen molar-refractivity contribution in [2.24, 2.45) is 0 Å². The van der Waals surface area contributed by atoms with Gasteiger partial charge in [-0.05, 0) is 37.6 Å². The molecule has 2 aromatic carbocycles. The molecule has 1 atom stereocenters. The first-order valence-corrected chi connectivity index (χ1v) is 7.75. The van der Waals surface area contributed by atoms with Gasteiger partial charge in [0.1, 0.15) is 12.4 Å². The number of nitrogens with one attached hydrogen (secondary N) is 1. The van der Waals surface area contributed by atoms with Crippen LogP contribution in [0.25, 0.3) is 0 Å². The van der Waals surface area contributed by atoms with Gasteiger partial charge in [-0.25, -0.2) is 0 Å². The van der Waals surface area contributed by atoms with Crippen LogP contribution in [0.5, 0.6) is 5.75 Å². The van der Waals surface area contributed by atoms with Crippen molar-refractivity contribution in [3.63, 3.8) is 0 Å². The first kappa shape index (κ1) is 17.5. The summed E-state index contributed by atoms with van der Waals surface area (Å²) in [6.45, 7) is 4.10. The van der Waals surface area contributed by atoms with Crippen LogP contribution in [-0.4, -0.2) is 23.0 Å². The highest BCUT2D eigenvalue weighted by atomic mass is 16.5. The normalized spacial score (nSPS) is 11.6. The smallest absolute Gasteiger partial charge is 0.305 e. The Hall–Kier alpha value is -2.82. The Kier molecular flexibility index (Phi) is 5.95. The fraction of sp³-hybridized carbons (Fsp3) is 0.263. The molecule has 0 heterocycles. The Morgan fingerprint density at radius 1 is 1.17 bits per heavy atom. The van der Waals surface area contributed by atoms with Gasteiger partial charge in [-0.15, -0.1) is 0 Å². The maximum Gasteiger partial charge on any atom is 0.305 e. The number of carboxylic acid groups (broad SMARTS) is 1. The Morgan fingerprint density at radius 3 is 2.62 bits per heavy atom. The predicted octanol–water partition coefficient (Wildman–Crippen LogP) is 3.17. The lowest BCUT2D eigenvalue weighted by Gasteiger charge is -2.12. The molecule has 0 saturated carbocycles. The van der Waals surface area contributed by atoms with Gasteiger partial charge in [0.15, 0.2) is 0 Å². The molecular formula is C19H21NO4. The van der Waals surface area contributed by atoms with Crippen molar-refractivity contribution >= 4 is 11.9 Å². The highest BCUT2D eigenvalue weighted by Gasteiger charge is 2.13. The number of carbonyl (C=O) groups is 2. The van der Waals surface area contributed by atoms with E-state index in [0.29, 0.717) is 17.9 Å². The number of amides is 1. The maximum atomic E-state index is 12.1. The van der Waals surface area contributed by atoms with E-state index in [1.807, 2.05) is 31.2 Å². The van der Waals surface area contributed by atoms with E-state index >= 15 is 0 Å².